The fourth-order valence-electron chi connectivity index (χ4n) is 2.70. The maximum absolute atomic E-state index is 12.5. The van der Waals surface area contributed by atoms with Crippen molar-refractivity contribution in [3.63, 3.8) is 0 Å². The first-order valence-corrected chi connectivity index (χ1v) is 9.60. The van der Waals surface area contributed by atoms with Crippen molar-refractivity contribution in [1.29, 1.82) is 0 Å². The van der Waals surface area contributed by atoms with Gasteiger partial charge in [-0.05, 0) is 38.5 Å². The Morgan fingerprint density at radius 2 is 1.97 bits per heavy atom. The number of hydrogen-bond acceptors (Lipinski definition) is 7. The number of hydrogen-bond donors (Lipinski definition) is 2. The molecule has 3 aromatic rings. The average molecular weight is 412 g/mol. The van der Waals surface area contributed by atoms with E-state index in [4.69, 9.17) is 0 Å². The molecular weight excluding hydrogens is 392 g/mol. The Bertz CT molecular complexity index is 1140. The summed E-state index contributed by atoms with van der Waals surface area (Å²) in [5.74, 6) is -0.795. The van der Waals surface area contributed by atoms with Crippen LogP contribution in [0.5, 0.6) is 0 Å². The van der Waals surface area contributed by atoms with Crippen LogP contribution in [0.4, 0.5) is 5.69 Å². The van der Waals surface area contributed by atoms with Crippen molar-refractivity contribution in [2.24, 2.45) is 7.05 Å². The number of anilines is 1. The maximum Gasteiger partial charge on any atom is 0.277 e. The molecule has 0 aliphatic heterocycles. The number of thiazole rings is 1. The van der Waals surface area contributed by atoms with Crippen molar-refractivity contribution >= 4 is 28.8 Å². The summed E-state index contributed by atoms with van der Waals surface area (Å²) >= 11 is 1.12. The number of aromatic nitrogens is 4. The molecule has 0 fully saturated rings. The number of rotatable bonds is 5. The minimum atomic E-state index is -0.423. The summed E-state index contributed by atoms with van der Waals surface area (Å²) in [6.07, 6.45) is 3.11. The van der Waals surface area contributed by atoms with Crippen LogP contribution in [0, 0.1) is 20.8 Å². The number of pyridine rings is 1. The number of aryl methyl sites for hydroxylation is 3. The van der Waals surface area contributed by atoms with Crippen LogP contribution >= 0.6 is 11.3 Å². The Balaban J connectivity index is 1.76. The molecule has 3 rings (SSSR count). The van der Waals surface area contributed by atoms with E-state index in [2.05, 4.69) is 25.7 Å². The van der Waals surface area contributed by atoms with Crippen molar-refractivity contribution in [1.82, 2.24) is 25.1 Å². The smallest absolute Gasteiger partial charge is 0.277 e. The molecule has 2 N–H and O–H groups in total. The van der Waals surface area contributed by atoms with Gasteiger partial charge in [-0.25, -0.2) is 9.67 Å². The summed E-state index contributed by atoms with van der Waals surface area (Å²) in [6, 6.07) is 3.40. The number of carbonyl (C=O) groups excluding carboxylic acids is 2. The van der Waals surface area contributed by atoms with Crippen molar-refractivity contribution in [2.45, 2.75) is 20.8 Å². The van der Waals surface area contributed by atoms with Crippen molar-refractivity contribution in [3.05, 3.63) is 56.7 Å². The lowest BCUT2D eigenvalue weighted by Crippen LogP contribution is -2.32. The lowest BCUT2D eigenvalue weighted by atomic mass is 10.1. The van der Waals surface area contributed by atoms with Crippen LogP contribution in [0.1, 0.15) is 26.6 Å². The van der Waals surface area contributed by atoms with Crippen molar-refractivity contribution in [2.75, 3.05) is 11.9 Å². The van der Waals surface area contributed by atoms with Crippen LogP contribution in [-0.2, 0) is 11.8 Å². The fraction of sp³-hybridized carbons (Fsp3) is 0.263. The average Bonchev–Trinajstić information content (AvgIpc) is 3.07. The third kappa shape index (κ3) is 4.37. The van der Waals surface area contributed by atoms with E-state index in [-0.39, 0.29) is 18.0 Å². The van der Waals surface area contributed by atoms with Crippen molar-refractivity contribution in [3.8, 4) is 10.6 Å². The van der Waals surface area contributed by atoms with Gasteiger partial charge < -0.3 is 10.6 Å². The SMILES string of the molecule is Cc1nc(-c2c(C)c(C)nn(C)c2=O)sc1C(=O)NCC(=O)Nc1cccnc1. The Hall–Kier alpha value is -3.40. The highest BCUT2D eigenvalue weighted by atomic mass is 32.1. The van der Waals surface area contributed by atoms with E-state index in [0.29, 0.717) is 32.5 Å². The molecule has 3 heterocycles. The quantitative estimate of drug-likeness (QED) is 0.657. The standard InChI is InChI=1S/C19H20N6O3S/c1-10-11(2)24-25(4)19(28)15(10)18-22-12(3)16(29-18)17(27)21-9-14(26)23-13-6-5-7-20-8-13/h5-8H,9H2,1-4H3,(H,21,27)(H,23,26). The molecule has 2 amide bonds. The molecule has 0 saturated carbocycles. The van der Waals surface area contributed by atoms with Gasteiger partial charge in [0.25, 0.3) is 11.5 Å². The highest BCUT2D eigenvalue weighted by molar-refractivity contribution is 7.17. The molecule has 10 heteroatoms. The number of nitrogens with one attached hydrogen (secondary N) is 2. The first-order chi connectivity index (χ1) is 13.8. The van der Waals surface area contributed by atoms with E-state index in [1.54, 1.807) is 39.2 Å². The molecule has 0 bridgehead atoms. The van der Waals surface area contributed by atoms with E-state index in [1.165, 1.54) is 10.9 Å². The summed E-state index contributed by atoms with van der Waals surface area (Å²) in [7, 11) is 1.58. The van der Waals surface area contributed by atoms with Gasteiger partial charge >= 0.3 is 0 Å². The van der Waals surface area contributed by atoms with E-state index in [1.807, 2.05) is 6.92 Å². The van der Waals surface area contributed by atoms with Gasteiger partial charge in [-0.3, -0.25) is 19.4 Å². The molecule has 0 spiro atoms. The van der Waals surface area contributed by atoms with E-state index in [0.717, 1.165) is 16.9 Å². The maximum atomic E-state index is 12.5. The highest BCUT2D eigenvalue weighted by Crippen LogP contribution is 2.28. The van der Waals surface area contributed by atoms with Gasteiger partial charge in [0.15, 0.2) is 0 Å². The van der Waals surface area contributed by atoms with Crippen LogP contribution in [0.2, 0.25) is 0 Å². The Morgan fingerprint density at radius 1 is 1.21 bits per heavy atom. The lowest BCUT2D eigenvalue weighted by molar-refractivity contribution is -0.115. The van der Waals surface area contributed by atoms with Gasteiger partial charge in [-0.2, -0.15) is 5.10 Å². The summed E-state index contributed by atoms with van der Waals surface area (Å²) < 4.78 is 1.26. The Labute approximate surface area is 170 Å². The van der Waals surface area contributed by atoms with Crippen molar-refractivity contribution < 1.29 is 9.59 Å². The van der Waals surface area contributed by atoms with Gasteiger partial charge in [0.1, 0.15) is 9.88 Å². The summed E-state index contributed by atoms with van der Waals surface area (Å²) in [5, 5.41) is 9.84. The van der Waals surface area contributed by atoms with Gasteiger partial charge in [0, 0.05) is 13.2 Å². The zero-order valence-corrected chi connectivity index (χ0v) is 17.3. The summed E-state index contributed by atoms with van der Waals surface area (Å²) in [6.45, 7) is 5.11. The minimum absolute atomic E-state index is 0.199. The summed E-state index contributed by atoms with van der Waals surface area (Å²) in [4.78, 5) is 45.7. The molecule has 0 saturated heterocycles. The van der Waals surface area contributed by atoms with Crippen LogP contribution in [0.3, 0.4) is 0 Å². The molecule has 0 atom stereocenters. The van der Waals surface area contributed by atoms with E-state index in [9.17, 15) is 14.4 Å². The van der Waals surface area contributed by atoms with Gasteiger partial charge in [0.05, 0.1) is 35.4 Å². The normalized spacial score (nSPS) is 10.6. The largest absolute Gasteiger partial charge is 0.342 e. The zero-order valence-electron chi connectivity index (χ0n) is 16.4. The highest BCUT2D eigenvalue weighted by Gasteiger charge is 2.21. The number of nitrogens with zero attached hydrogens (tertiary/aromatic N) is 4. The minimum Gasteiger partial charge on any atom is -0.342 e. The third-order valence-electron chi connectivity index (χ3n) is 4.30. The first-order valence-electron chi connectivity index (χ1n) is 8.78. The first kappa shape index (κ1) is 20.3. The Kier molecular flexibility index (Phi) is 5.83. The molecule has 0 aliphatic carbocycles. The topological polar surface area (TPSA) is 119 Å². The molecule has 9 nitrogen and oxygen atoms in total. The second-order valence-electron chi connectivity index (χ2n) is 6.42. The molecule has 29 heavy (non-hydrogen) atoms. The van der Waals surface area contributed by atoms with Crippen LogP contribution in [0.15, 0.2) is 29.3 Å². The van der Waals surface area contributed by atoms with Crippen LogP contribution in [0.25, 0.3) is 10.6 Å². The Morgan fingerprint density at radius 3 is 2.66 bits per heavy atom. The number of carbonyl (C=O) groups is 2. The lowest BCUT2D eigenvalue weighted by Gasteiger charge is -2.07. The zero-order chi connectivity index (χ0) is 21.1. The number of amides is 2. The molecule has 0 unspecified atom stereocenters. The molecule has 0 aromatic carbocycles. The molecule has 3 aromatic heterocycles. The second kappa shape index (κ2) is 8.31. The van der Waals surface area contributed by atoms with E-state index >= 15 is 0 Å². The third-order valence-corrected chi connectivity index (χ3v) is 5.47. The monoisotopic (exact) mass is 412 g/mol. The predicted molar refractivity (Wildman–Crippen MR) is 110 cm³/mol. The second-order valence-corrected chi connectivity index (χ2v) is 7.42. The van der Waals surface area contributed by atoms with Gasteiger partial charge in [-0.15, -0.1) is 11.3 Å². The van der Waals surface area contributed by atoms with E-state index < -0.39 is 5.91 Å². The van der Waals surface area contributed by atoms with Crippen LogP contribution < -0.4 is 16.2 Å². The summed E-state index contributed by atoms with van der Waals surface area (Å²) in [5.41, 5.74) is 2.64. The van der Waals surface area contributed by atoms with Gasteiger partial charge in [-0.1, -0.05) is 0 Å². The molecule has 150 valence electrons. The van der Waals surface area contributed by atoms with Crippen LogP contribution in [-0.4, -0.2) is 38.1 Å². The fourth-order valence-corrected chi connectivity index (χ4v) is 3.77. The molecule has 0 aliphatic rings. The molecular formula is C19H20N6O3S. The predicted octanol–water partition coefficient (Wildman–Crippen LogP) is 1.59. The molecule has 0 radical (unpaired) electrons. The van der Waals surface area contributed by atoms with Gasteiger partial charge in [0.2, 0.25) is 5.91 Å².